The summed E-state index contributed by atoms with van der Waals surface area (Å²) in [6.45, 7) is 5.12. The van der Waals surface area contributed by atoms with Crippen molar-refractivity contribution in [1.29, 1.82) is 0 Å². The Labute approximate surface area is 190 Å². The maximum absolute atomic E-state index is 13.3. The van der Waals surface area contributed by atoms with Crippen molar-refractivity contribution < 1.29 is 19.0 Å². The van der Waals surface area contributed by atoms with Crippen molar-refractivity contribution in [3.63, 3.8) is 0 Å². The minimum atomic E-state index is -0.171. The first-order chi connectivity index (χ1) is 15.5. The van der Waals surface area contributed by atoms with Gasteiger partial charge in [0.2, 0.25) is 0 Å². The lowest BCUT2D eigenvalue weighted by Gasteiger charge is -2.26. The third kappa shape index (κ3) is 4.38. The van der Waals surface area contributed by atoms with Crippen molar-refractivity contribution in [3.8, 4) is 5.75 Å². The zero-order valence-corrected chi connectivity index (χ0v) is 19.6. The van der Waals surface area contributed by atoms with Gasteiger partial charge in [0.25, 0.3) is 11.5 Å². The fourth-order valence-electron chi connectivity index (χ4n) is 3.92. The number of nitrogens with zero attached hydrogens (tertiary/aromatic N) is 3. The molecule has 8 nitrogen and oxygen atoms in total. The molecule has 1 fully saturated rings. The standard InChI is InChI=1S/C23H29N3O5S/c1-24(8-12-29-3)23(28)21-19(31-15-11-26-9-13-30-14-10-26)18-20(32-21)16-6-4-5-7-17(16)25(2)22(18)27/h4-7H,8-15H2,1-3H3. The monoisotopic (exact) mass is 459 g/mol. The minimum absolute atomic E-state index is 0.157. The van der Waals surface area contributed by atoms with E-state index in [9.17, 15) is 9.59 Å². The number of likely N-dealkylation sites (N-methyl/N-ethyl adjacent to an activating group) is 1. The lowest BCUT2D eigenvalue weighted by molar-refractivity contribution is 0.0323. The largest absolute Gasteiger partial charge is 0.490 e. The van der Waals surface area contributed by atoms with Crippen LogP contribution in [-0.4, -0.2) is 87.0 Å². The van der Waals surface area contributed by atoms with Gasteiger partial charge >= 0.3 is 0 Å². The second kappa shape index (κ2) is 9.99. The minimum Gasteiger partial charge on any atom is -0.490 e. The quantitative estimate of drug-likeness (QED) is 0.514. The maximum Gasteiger partial charge on any atom is 0.267 e. The molecule has 0 atom stereocenters. The predicted octanol–water partition coefficient (Wildman–Crippen LogP) is 2.18. The van der Waals surface area contributed by atoms with Crippen LogP contribution in [0.3, 0.4) is 0 Å². The van der Waals surface area contributed by atoms with Crippen LogP contribution in [0.5, 0.6) is 5.75 Å². The van der Waals surface area contributed by atoms with Gasteiger partial charge in [0.05, 0.1) is 30.0 Å². The van der Waals surface area contributed by atoms with Gasteiger partial charge < -0.3 is 23.7 Å². The van der Waals surface area contributed by atoms with E-state index in [1.807, 2.05) is 24.3 Å². The number of ether oxygens (including phenoxy) is 3. The molecule has 0 N–H and O–H groups in total. The molecule has 0 spiro atoms. The van der Waals surface area contributed by atoms with Gasteiger partial charge in [-0.25, -0.2) is 0 Å². The highest BCUT2D eigenvalue weighted by molar-refractivity contribution is 7.22. The van der Waals surface area contributed by atoms with E-state index in [1.165, 1.54) is 11.3 Å². The van der Waals surface area contributed by atoms with Gasteiger partial charge in [0.15, 0.2) is 5.75 Å². The highest BCUT2D eigenvalue weighted by atomic mass is 32.1. The molecular formula is C23H29N3O5S. The summed E-state index contributed by atoms with van der Waals surface area (Å²) in [5, 5.41) is 1.41. The smallest absolute Gasteiger partial charge is 0.267 e. The van der Waals surface area contributed by atoms with Crippen LogP contribution < -0.4 is 10.3 Å². The zero-order chi connectivity index (χ0) is 22.7. The molecule has 9 heteroatoms. The first kappa shape index (κ1) is 22.7. The Hall–Kier alpha value is -2.46. The number of hydrogen-bond donors (Lipinski definition) is 0. The van der Waals surface area contributed by atoms with Crippen molar-refractivity contribution in [2.24, 2.45) is 7.05 Å². The van der Waals surface area contributed by atoms with Crippen molar-refractivity contribution >= 4 is 38.2 Å². The Bertz CT molecular complexity index is 1170. The number of rotatable bonds is 8. The van der Waals surface area contributed by atoms with Crippen LogP contribution in [0.1, 0.15) is 9.67 Å². The molecule has 1 saturated heterocycles. The number of hydrogen-bond acceptors (Lipinski definition) is 7. The molecule has 32 heavy (non-hydrogen) atoms. The van der Waals surface area contributed by atoms with E-state index >= 15 is 0 Å². The second-order valence-corrected chi connectivity index (χ2v) is 8.89. The lowest BCUT2D eigenvalue weighted by Crippen LogP contribution is -2.38. The van der Waals surface area contributed by atoms with Crippen molar-refractivity contribution in [1.82, 2.24) is 14.4 Å². The first-order valence-electron chi connectivity index (χ1n) is 10.7. The number of fused-ring (bicyclic) bond motifs is 3. The summed E-state index contributed by atoms with van der Waals surface area (Å²) in [5.74, 6) is 0.217. The topological polar surface area (TPSA) is 73.2 Å². The van der Waals surface area contributed by atoms with Crippen molar-refractivity contribution in [2.45, 2.75) is 0 Å². The summed E-state index contributed by atoms with van der Waals surface area (Å²) in [4.78, 5) is 30.9. The molecule has 172 valence electrons. The van der Waals surface area contributed by atoms with Crippen LogP contribution >= 0.6 is 11.3 Å². The Morgan fingerprint density at radius 3 is 2.72 bits per heavy atom. The zero-order valence-electron chi connectivity index (χ0n) is 18.8. The van der Waals surface area contributed by atoms with Crippen LogP contribution in [0.4, 0.5) is 0 Å². The van der Waals surface area contributed by atoms with E-state index in [4.69, 9.17) is 14.2 Å². The molecule has 3 heterocycles. The van der Waals surface area contributed by atoms with E-state index < -0.39 is 0 Å². The number of morpholine rings is 1. The molecule has 4 rings (SSSR count). The molecule has 1 aromatic carbocycles. The van der Waals surface area contributed by atoms with Gasteiger partial charge in [-0.1, -0.05) is 18.2 Å². The number of pyridine rings is 1. The summed E-state index contributed by atoms with van der Waals surface area (Å²) >= 11 is 1.33. The molecular weight excluding hydrogens is 430 g/mol. The molecule has 0 bridgehead atoms. The van der Waals surface area contributed by atoms with E-state index in [0.717, 1.165) is 28.7 Å². The number of thiophene rings is 1. The number of benzene rings is 1. The summed E-state index contributed by atoms with van der Waals surface area (Å²) < 4.78 is 19.1. The summed E-state index contributed by atoms with van der Waals surface area (Å²) in [7, 11) is 5.10. The molecule has 1 aliphatic rings. The number of carbonyl (C=O) groups is 1. The van der Waals surface area contributed by atoms with Crippen molar-refractivity contribution in [3.05, 3.63) is 39.5 Å². The second-order valence-electron chi connectivity index (χ2n) is 7.87. The predicted molar refractivity (Wildman–Crippen MR) is 126 cm³/mol. The Morgan fingerprint density at radius 2 is 1.97 bits per heavy atom. The lowest BCUT2D eigenvalue weighted by atomic mass is 10.1. The molecule has 1 aliphatic heterocycles. The van der Waals surface area contributed by atoms with E-state index in [0.29, 0.717) is 55.5 Å². The van der Waals surface area contributed by atoms with Crippen LogP contribution in [0, 0.1) is 0 Å². The normalized spacial score (nSPS) is 14.8. The van der Waals surface area contributed by atoms with Gasteiger partial charge in [-0.05, 0) is 6.07 Å². The Kier molecular flexibility index (Phi) is 7.10. The van der Waals surface area contributed by atoms with Gasteiger partial charge in [-0.3, -0.25) is 14.5 Å². The van der Waals surface area contributed by atoms with Crippen LogP contribution in [0.15, 0.2) is 29.1 Å². The van der Waals surface area contributed by atoms with Gasteiger partial charge in [0, 0.05) is 52.8 Å². The molecule has 0 saturated carbocycles. The van der Waals surface area contributed by atoms with E-state index in [1.54, 1.807) is 30.7 Å². The van der Waals surface area contributed by atoms with Crippen LogP contribution in [-0.2, 0) is 16.5 Å². The highest BCUT2D eigenvalue weighted by Gasteiger charge is 2.27. The highest BCUT2D eigenvalue weighted by Crippen LogP contribution is 2.40. The molecule has 3 aromatic rings. The Balaban J connectivity index is 1.76. The number of aryl methyl sites for hydroxylation is 1. The van der Waals surface area contributed by atoms with E-state index in [2.05, 4.69) is 4.90 Å². The molecule has 2 aromatic heterocycles. The van der Waals surface area contributed by atoms with Crippen molar-refractivity contribution in [2.75, 3.05) is 66.8 Å². The number of methoxy groups -OCH3 is 1. The fourth-order valence-corrected chi connectivity index (χ4v) is 5.18. The SMILES string of the molecule is COCCN(C)C(=O)c1sc2c(c1OCCN1CCOCC1)c(=O)n(C)c1ccccc21. The summed E-state index contributed by atoms with van der Waals surface area (Å²) in [5.41, 5.74) is 0.674. The van der Waals surface area contributed by atoms with E-state index in [-0.39, 0.29) is 11.5 Å². The van der Waals surface area contributed by atoms with Gasteiger partial charge in [0.1, 0.15) is 16.9 Å². The molecule has 0 unspecified atom stereocenters. The fraction of sp³-hybridized carbons (Fsp3) is 0.478. The van der Waals surface area contributed by atoms with Crippen LogP contribution in [0.2, 0.25) is 0 Å². The average molecular weight is 460 g/mol. The number of amides is 1. The molecule has 1 amide bonds. The maximum atomic E-state index is 13.3. The van der Waals surface area contributed by atoms with Crippen LogP contribution in [0.25, 0.3) is 21.0 Å². The number of para-hydroxylation sites is 1. The molecule has 0 radical (unpaired) electrons. The number of aromatic nitrogens is 1. The summed E-state index contributed by atoms with van der Waals surface area (Å²) in [6, 6.07) is 7.75. The van der Waals surface area contributed by atoms with Gasteiger partial charge in [-0.2, -0.15) is 0 Å². The third-order valence-electron chi connectivity index (χ3n) is 5.82. The molecule has 0 aliphatic carbocycles. The Morgan fingerprint density at radius 1 is 1.22 bits per heavy atom. The van der Waals surface area contributed by atoms with Gasteiger partial charge in [-0.15, -0.1) is 11.3 Å². The third-order valence-corrected chi connectivity index (χ3v) is 7.01. The average Bonchev–Trinajstić information content (AvgIpc) is 3.21. The summed E-state index contributed by atoms with van der Waals surface area (Å²) in [6.07, 6.45) is 0. The first-order valence-corrected chi connectivity index (χ1v) is 11.6. The number of carbonyl (C=O) groups excluding carboxylic acids is 1.